The highest BCUT2D eigenvalue weighted by Gasteiger charge is 2.21. The van der Waals surface area contributed by atoms with Crippen LogP contribution in [0, 0.1) is 0 Å². The zero-order valence-corrected chi connectivity index (χ0v) is 24.1. The number of ether oxygens (including phenoxy) is 1. The predicted octanol–water partition coefficient (Wildman–Crippen LogP) is 3.00. The first-order chi connectivity index (χ1) is 19.7. The number of anilines is 3. The lowest BCUT2D eigenvalue weighted by molar-refractivity contribution is -0.111. The monoisotopic (exact) mass is 558 g/mol. The minimum Gasteiger partial charge on any atom is -0.496 e. The van der Waals surface area contributed by atoms with E-state index in [0.29, 0.717) is 41.5 Å². The number of carbonyl (C=O) groups is 2. The third kappa shape index (κ3) is 7.47. The number of methoxy groups -OCH3 is 1. The van der Waals surface area contributed by atoms with Crippen LogP contribution in [0.3, 0.4) is 0 Å². The summed E-state index contributed by atoms with van der Waals surface area (Å²) in [6.07, 6.45) is 3.52. The van der Waals surface area contributed by atoms with Gasteiger partial charge in [0.1, 0.15) is 17.3 Å². The lowest BCUT2D eigenvalue weighted by atomic mass is 10.1. The standard InChI is InChI=1S/C31H38N6O4/c1-6-30(39)34-26-17-22(28(41-5)19-27(26)36(4)16-15-35(2)3)18-29-32-13-11-25(33-29)31(40)21-7-9-23(10-8-21)37-14-12-24(38)20-37/h6-11,13,17,19,24,38H,1,12,14-16,18,20H2,2-5H3,(H,34,39)/t24-/m1/s1. The van der Waals surface area contributed by atoms with Gasteiger partial charge in [0.2, 0.25) is 11.7 Å². The molecule has 41 heavy (non-hydrogen) atoms. The number of β-amino-alcohol motifs (C(OH)–C–C–N with tert-alkyl or cyclic N) is 1. The molecule has 1 amide bonds. The highest BCUT2D eigenvalue weighted by atomic mass is 16.5. The van der Waals surface area contributed by atoms with Gasteiger partial charge in [-0.05, 0) is 63.0 Å². The number of benzene rings is 2. The van der Waals surface area contributed by atoms with Crippen molar-refractivity contribution in [3.05, 3.63) is 84.0 Å². The summed E-state index contributed by atoms with van der Waals surface area (Å²) in [5.74, 6) is 0.548. The molecule has 1 aromatic heterocycles. The Morgan fingerprint density at radius 2 is 1.93 bits per heavy atom. The van der Waals surface area contributed by atoms with Crippen LogP contribution in [0.1, 0.15) is 33.9 Å². The second-order valence-electron chi connectivity index (χ2n) is 10.4. The van der Waals surface area contributed by atoms with Gasteiger partial charge < -0.3 is 29.9 Å². The van der Waals surface area contributed by atoms with Gasteiger partial charge in [-0.2, -0.15) is 0 Å². The summed E-state index contributed by atoms with van der Waals surface area (Å²) >= 11 is 0. The molecular formula is C31H38N6O4. The highest BCUT2D eigenvalue weighted by Crippen LogP contribution is 2.34. The smallest absolute Gasteiger partial charge is 0.247 e. The van der Waals surface area contributed by atoms with Gasteiger partial charge in [0.15, 0.2) is 0 Å². The lowest BCUT2D eigenvalue weighted by Gasteiger charge is -2.25. The molecule has 1 saturated heterocycles. The summed E-state index contributed by atoms with van der Waals surface area (Å²) in [7, 11) is 7.57. The molecule has 0 bridgehead atoms. The van der Waals surface area contributed by atoms with Crippen molar-refractivity contribution in [3.63, 3.8) is 0 Å². The zero-order chi connectivity index (χ0) is 29.5. The molecule has 1 aliphatic heterocycles. The molecule has 4 rings (SSSR count). The number of hydrogen-bond donors (Lipinski definition) is 2. The molecule has 0 aliphatic carbocycles. The van der Waals surface area contributed by atoms with E-state index in [9.17, 15) is 14.7 Å². The van der Waals surface area contributed by atoms with Gasteiger partial charge in [-0.25, -0.2) is 9.97 Å². The third-order valence-corrected chi connectivity index (χ3v) is 7.08. The van der Waals surface area contributed by atoms with Gasteiger partial charge in [0, 0.05) is 68.7 Å². The normalized spacial score (nSPS) is 14.7. The van der Waals surface area contributed by atoms with Crippen molar-refractivity contribution < 1.29 is 19.4 Å². The van der Waals surface area contributed by atoms with Gasteiger partial charge in [-0.3, -0.25) is 9.59 Å². The minimum atomic E-state index is -0.320. The number of nitrogens with one attached hydrogen (secondary N) is 1. The van der Waals surface area contributed by atoms with Gasteiger partial charge in [-0.1, -0.05) is 6.58 Å². The molecule has 1 fully saturated rings. The van der Waals surface area contributed by atoms with Gasteiger partial charge in [0.05, 0.1) is 24.6 Å². The van der Waals surface area contributed by atoms with Crippen LogP contribution in [0.25, 0.3) is 0 Å². The number of hydrogen-bond acceptors (Lipinski definition) is 9. The Morgan fingerprint density at radius 1 is 1.17 bits per heavy atom. The second kappa shape index (κ2) is 13.4. The summed E-state index contributed by atoms with van der Waals surface area (Å²) in [4.78, 5) is 40.7. The zero-order valence-electron chi connectivity index (χ0n) is 24.1. The van der Waals surface area contributed by atoms with Gasteiger partial charge >= 0.3 is 0 Å². The average Bonchev–Trinajstić information content (AvgIpc) is 3.42. The predicted molar refractivity (Wildman–Crippen MR) is 161 cm³/mol. The van der Waals surface area contributed by atoms with Crippen molar-refractivity contribution >= 4 is 28.8 Å². The number of likely N-dealkylation sites (N-methyl/N-ethyl adjacent to an activating group) is 2. The van der Waals surface area contributed by atoms with Gasteiger partial charge in [0.25, 0.3) is 0 Å². The van der Waals surface area contributed by atoms with E-state index in [1.54, 1.807) is 31.5 Å². The second-order valence-corrected chi connectivity index (χ2v) is 10.4. The van der Waals surface area contributed by atoms with Crippen molar-refractivity contribution in [2.24, 2.45) is 0 Å². The molecule has 0 spiro atoms. The van der Waals surface area contributed by atoms with Crippen LogP contribution in [0.4, 0.5) is 17.1 Å². The van der Waals surface area contributed by atoms with E-state index in [1.807, 2.05) is 45.4 Å². The molecule has 3 aromatic rings. The summed E-state index contributed by atoms with van der Waals surface area (Å²) in [5, 5.41) is 12.7. The van der Waals surface area contributed by atoms with Crippen molar-refractivity contribution in [2.75, 3.05) is 69.5 Å². The van der Waals surface area contributed by atoms with Crippen LogP contribution in [-0.2, 0) is 11.2 Å². The molecule has 0 saturated carbocycles. The highest BCUT2D eigenvalue weighted by molar-refractivity contribution is 6.07. The van der Waals surface area contributed by atoms with E-state index in [1.165, 1.54) is 6.08 Å². The fourth-order valence-corrected chi connectivity index (χ4v) is 4.74. The molecule has 2 aromatic carbocycles. The molecule has 10 heteroatoms. The summed E-state index contributed by atoms with van der Waals surface area (Å²) in [6.45, 7) is 6.52. The van der Waals surface area contributed by atoms with Crippen LogP contribution in [-0.4, -0.2) is 92.2 Å². The van der Waals surface area contributed by atoms with E-state index < -0.39 is 0 Å². The number of carbonyl (C=O) groups excluding carboxylic acids is 2. The molecule has 10 nitrogen and oxygen atoms in total. The number of aromatic nitrogens is 2. The summed E-state index contributed by atoms with van der Waals surface area (Å²) < 4.78 is 5.72. The topological polar surface area (TPSA) is 111 Å². The molecular weight excluding hydrogens is 520 g/mol. The number of nitrogens with zero attached hydrogens (tertiary/aromatic N) is 5. The maximum Gasteiger partial charge on any atom is 0.247 e. The fraction of sp³-hybridized carbons (Fsp3) is 0.355. The summed E-state index contributed by atoms with van der Waals surface area (Å²) in [5.41, 5.74) is 3.97. The SMILES string of the molecule is C=CC(=O)Nc1cc(Cc2nccc(C(=O)c3ccc(N4CC[C@@H](O)C4)cc3)n2)c(OC)cc1N(C)CCN(C)C. The van der Waals surface area contributed by atoms with Crippen molar-refractivity contribution in [1.29, 1.82) is 0 Å². The van der Waals surface area contributed by atoms with E-state index in [4.69, 9.17) is 4.74 Å². The van der Waals surface area contributed by atoms with E-state index in [2.05, 4.69) is 36.6 Å². The first-order valence-electron chi connectivity index (χ1n) is 13.6. The Morgan fingerprint density at radius 3 is 2.56 bits per heavy atom. The van der Waals surface area contributed by atoms with E-state index in [0.717, 1.165) is 43.0 Å². The van der Waals surface area contributed by atoms with E-state index in [-0.39, 0.29) is 17.8 Å². The van der Waals surface area contributed by atoms with Crippen molar-refractivity contribution in [3.8, 4) is 5.75 Å². The molecule has 216 valence electrons. The van der Waals surface area contributed by atoms with Gasteiger partial charge in [-0.15, -0.1) is 0 Å². The van der Waals surface area contributed by atoms with Crippen LogP contribution < -0.4 is 19.9 Å². The minimum absolute atomic E-state index is 0.203. The maximum absolute atomic E-state index is 13.3. The van der Waals surface area contributed by atoms with E-state index >= 15 is 0 Å². The Balaban J connectivity index is 1.57. The Bertz CT molecular complexity index is 1390. The van der Waals surface area contributed by atoms with Crippen LogP contribution in [0.5, 0.6) is 5.75 Å². The quantitative estimate of drug-likeness (QED) is 0.256. The number of rotatable bonds is 12. The number of aliphatic hydroxyl groups excluding tert-OH is 1. The molecule has 1 aliphatic rings. The van der Waals surface area contributed by atoms with Crippen LogP contribution in [0.15, 0.2) is 61.3 Å². The molecule has 0 unspecified atom stereocenters. The molecule has 0 radical (unpaired) electrons. The fourth-order valence-electron chi connectivity index (χ4n) is 4.74. The first-order valence-corrected chi connectivity index (χ1v) is 13.6. The number of aliphatic hydroxyl groups is 1. The van der Waals surface area contributed by atoms with Crippen molar-refractivity contribution in [1.82, 2.24) is 14.9 Å². The van der Waals surface area contributed by atoms with Crippen LogP contribution in [0.2, 0.25) is 0 Å². The number of ketones is 1. The maximum atomic E-state index is 13.3. The number of amides is 1. The molecule has 2 N–H and O–H groups in total. The molecule has 2 heterocycles. The van der Waals surface area contributed by atoms with Crippen LogP contribution >= 0.6 is 0 Å². The Hall–Kier alpha value is -4.28. The third-order valence-electron chi connectivity index (χ3n) is 7.08. The Kier molecular flexibility index (Phi) is 9.69. The Labute approximate surface area is 241 Å². The largest absolute Gasteiger partial charge is 0.496 e. The lowest BCUT2D eigenvalue weighted by Crippen LogP contribution is -2.29. The summed E-state index contributed by atoms with van der Waals surface area (Å²) in [6, 6.07) is 12.7. The van der Waals surface area contributed by atoms with Crippen molar-refractivity contribution in [2.45, 2.75) is 18.9 Å². The average molecular weight is 559 g/mol. The first kappa shape index (κ1) is 29.7. The molecule has 1 atom stereocenters.